The van der Waals surface area contributed by atoms with Crippen LogP contribution < -0.4 is 9.46 Å². The van der Waals surface area contributed by atoms with Crippen molar-refractivity contribution < 1.29 is 22.3 Å². The van der Waals surface area contributed by atoms with Gasteiger partial charge in [-0.1, -0.05) is 12.1 Å². The average molecular weight is 406 g/mol. The van der Waals surface area contributed by atoms with E-state index in [4.69, 9.17) is 4.74 Å². The lowest BCUT2D eigenvalue weighted by Gasteiger charge is -2.32. The summed E-state index contributed by atoms with van der Waals surface area (Å²) < 4.78 is 46.0. The van der Waals surface area contributed by atoms with E-state index in [1.165, 1.54) is 31.4 Å². The second-order valence-electron chi connectivity index (χ2n) is 6.76. The van der Waals surface area contributed by atoms with E-state index in [1.54, 1.807) is 29.2 Å². The molecule has 0 bridgehead atoms. The number of sulfonamides is 1. The minimum absolute atomic E-state index is 0.0814. The summed E-state index contributed by atoms with van der Waals surface area (Å²) >= 11 is 0. The fourth-order valence-electron chi connectivity index (χ4n) is 3.22. The Morgan fingerprint density at radius 3 is 2.46 bits per heavy atom. The zero-order valence-corrected chi connectivity index (χ0v) is 16.4. The summed E-state index contributed by atoms with van der Waals surface area (Å²) in [4.78, 5) is 14.3. The first-order chi connectivity index (χ1) is 13.4. The molecule has 150 valence electrons. The number of piperidine rings is 1. The van der Waals surface area contributed by atoms with Gasteiger partial charge in [-0.2, -0.15) is 0 Å². The van der Waals surface area contributed by atoms with Crippen LogP contribution in [0.5, 0.6) is 5.75 Å². The van der Waals surface area contributed by atoms with Crippen LogP contribution in [0.2, 0.25) is 0 Å². The molecule has 1 fully saturated rings. The van der Waals surface area contributed by atoms with Gasteiger partial charge in [0.1, 0.15) is 11.6 Å². The number of halogens is 1. The number of rotatable bonds is 6. The van der Waals surface area contributed by atoms with Crippen LogP contribution in [-0.4, -0.2) is 45.5 Å². The Balaban J connectivity index is 1.53. The molecule has 0 spiro atoms. The molecule has 0 aromatic heterocycles. The number of benzene rings is 2. The van der Waals surface area contributed by atoms with Crippen molar-refractivity contribution >= 4 is 15.9 Å². The number of carbonyl (C=O) groups excluding carboxylic acids is 1. The molecule has 0 saturated carbocycles. The highest BCUT2D eigenvalue weighted by molar-refractivity contribution is 7.89. The van der Waals surface area contributed by atoms with Gasteiger partial charge < -0.3 is 9.64 Å². The Bertz CT molecular complexity index is 923. The summed E-state index contributed by atoms with van der Waals surface area (Å²) in [6.45, 7) is 0.925. The summed E-state index contributed by atoms with van der Waals surface area (Å²) in [5.41, 5.74) is 0.632. The lowest BCUT2D eigenvalue weighted by atomic mass is 10.0. The SMILES string of the molecule is COc1ccc(S(=O)(=O)NC2CCN(C(=O)Cc3cccc(F)c3)CC2)cc1. The molecule has 1 saturated heterocycles. The van der Waals surface area contributed by atoms with Crippen LogP contribution in [-0.2, 0) is 21.2 Å². The maximum absolute atomic E-state index is 13.3. The van der Waals surface area contributed by atoms with E-state index in [1.807, 2.05) is 0 Å². The molecule has 0 atom stereocenters. The summed E-state index contributed by atoms with van der Waals surface area (Å²) in [5.74, 6) is 0.142. The number of nitrogens with zero attached hydrogens (tertiary/aromatic N) is 1. The third kappa shape index (κ3) is 5.08. The van der Waals surface area contributed by atoms with E-state index in [0.717, 1.165) is 0 Å². The van der Waals surface area contributed by atoms with Gasteiger partial charge in [-0.25, -0.2) is 17.5 Å². The quantitative estimate of drug-likeness (QED) is 0.799. The van der Waals surface area contributed by atoms with Crippen LogP contribution >= 0.6 is 0 Å². The topological polar surface area (TPSA) is 75.7 Å². The van der Waals surface area contributed by atoms with E-state index in [2.05, 4.69) is 4.72 Å². The van der Waals surface area contributed by atoms with Crippen LogP contribution in [0.15, 0.2) is 53.4 Å². The summed E-state index contributed by atoms with van der Waals surface area (Å²) in [7, 11) is -2.11. The Kier molecular flexibility index (Phi) is 6.31. The maximum Gasteiger partial charge on any atom is 0.240 e. The van der Waals surface area contributed by atoms with Gasteiger partial charge in [0.25, 0.3) is 0 Å². The van der Waals surface area contributed by atoms with Crippen LogP contribution in [0.1, 0.15) is 18.4 Å². The third-order valence-electron chi connectivity index (χ3n) is 4.78. The average Bonchev–Trinajstić information content (AvgIpc) is 2.68. The van der Waals surface area contributed by atoms with E-state index < -0.39 is 10.0 Å². The molecule has 0 aliphatic carbocycles. The normalized spacial score (nSPS) is 15.4. The first-order valence-corrected chi connectivity index (χ1v) is 10.5. The maximum atomic E-state index is 13.3. The number of nitrogens with one attached hydrogen (secondary N) is 1. The molecule has 1 amide bonds. The third-order valence-corrected chi connectivity index (χ3v) is 6.32. The van der Waals surface area contributed by atoms with Crippen molar-refractivity contribution in [2.45, 2.75) is 30.2 Å². The predicted octanol–water partition coefficient (Wildman–Crippen LogP) is 2.35. The van der Waals surface area contributed by atoms with Crippen molar-refractivity contribution in [1.82, 2.24) is 9.62 Å². The molecule has 1 N–H and O–H groups in total. The largest absolute Gasteiger partial charge is 0.497 e. The molecule has 0 radical (unpaired) electrons. The van der Waals surface area contributed by atoms with Gasteiger partial charge in [0, 0.05) is 19.1 Å². The highest BCUT2D eigenvalue weighted by Crippen LogP contribution is 2.18. The number of likely N-dealkylation sites (tertiary alicyclic amines) is 1. The minimum atomic E-state index is -3.63. The highest BCUT2D eigenvalue weighted by Gasteiger charge is 2.26. The van der Waals surface area contributed by atoms with E-state index in [-0.39, 0.29) is 29.1 Å². The number of hydrogen-bond donors (Lipinski definition) is 1. The summed E-state index contributed by atoms with van der Waals surface area (Å²) in [5, 5.41) is 0. The van der Waals surface area contributed by atoms with Crippen molar-refractivity contribution in [1.29, 1.82) is 0 Å². The highest BCUT2D eigenvalue weighted by atomic mass is 32.2. The lowest BCUT2D eigenvalue weighted by molar-refractivity contribution is -0.131. The summed E-state index contributed by atoms with van der Waals surface area (Å²) in [6, 6.07) is 12.0. The molecule has 1 aliphatic rings. The van der Waals surface area contributed by atoms with Gasteiger partial charge in [0.2, 0.25) is 15.9 Å². The van der Waals surface area contributed by atoms with Crippen LogP contribution in [0.3, 0.4) is 0 Å². The second-order valence-corrected chi connectivity index (χ2v) is 8.47. The molecule has 2 aromatic rings. The second kappa shape index (κ2) is 8.70. The van der Waals surface area contributed by atoms with Crippen molar-refractivity contribution in [2.75, 3.05) is 20.2 Å². The summed E-state index contributed by atoms with van der Waals surface area (Å²) in [6.07, 6.45) is 1.20. The lowest BCUT2D eigenvalue weighted by Crippen LogP contribution is -2.46. The fraction of sp³-hybridized carbons (Fsp3) is 0.350. The number of hydrogen-bond acceptors (Lipinski definition) is 4. The number of carbonyl (C=O) groups is 1. The number of methoxy groups -OCH3 is 1. The van der Waals surface area contributed by atoms with Crippen molar-refractivity contribution in [3.05, 3.63) is 59.9 Å². The van der Waals surface area contributed by atoms with Gasteiger partial charge in [-0.05, 0) is 54.8 Å². The van der Waals surface area contributed by atoms with Gasteiger partial charge in [0.15, 0.2) is 0 Å². The Morgan fingerprint density at radius 1 is 1.18 bits per heavy atom. The van der Waals surface area contributed by atoms with Crippen molar-refractivity contribution in [2.24, 2.45) is 0 Å². The van der Waals surface area contributed by atoms with Crippen molar-refractivity contribution in [3.63, 3.8) is 0 Å². The smallest absolute Gasteiger partial charge is 0.240 e. The standard InChI is InChI=1S/C20H23FN2O4S/c1-27-18-5-7-19(8-6-18)28(25,26)22-17-9-11-23(12-10-17)20(24)14-15-3-2-4-16(21)13-15/h2-8,13,17,22H,9-12,14H2,1H3. The first-order valence-electron chi connectivity index (χ1n) is 9.06. The van der Waals surface area contributed by atoms with E-state index in [0.29, 0.717) is 37.2 Å². The molecule has 2 aromatic carbocycles. The van der Waals surface area contributed by atoms with Gasteiger partial charge in [-0.15, -0.1) is 0 Å². The Labute approximate surface area is 164 Å². The number of amides is 1. The van der Waals surface area contributed by atoms with Gasteiger partial charge in [0.05, 0.1) is 18.4 Å². The molecule has 6 nitrogen and oxygen atoms in total. The van der Waals surface area contributed by atoms with Crippen LogP contribution in [0, 0.1) is 5.82 Å². The monoisotopic (exact) mass is 406 g/mol. The van der Waals surface area contributed by atoms with Gasteiger partial charge >= 0.3 is 0 Å². The minimum Gasteiger partial charge on any atom is -0.497 e. The molecular weight excluding hydrogens is 383 g/mol. The zero-order valence-electron chi connectivity index (χ0n) is 15.6. The molecule has 8 heteroatoms. The Morgan fingerprint density at radius 2 is 1.86 bits per heavy atom. The van der Waals surface area contributed by atoms with E-state index >= 15 is 0 Å². The van der Waals surface area contributed by atoms with Gasteiger partial charge in [-0.3, -0.25) is 4.79 Å². The molecule has 1 heterocycles. The molecule has 1 aliphatic heterocycles. The predicted molar refractivity (Wildman–Crippen MR) is 103 cm³/mol. The Hall–Kier alpha value is -2.45. The van der Waals surface area contributed by atoms with Crippen LogP contribution in [0.25, 0.3) is 0 Å². The fourth-order valence-corrected chi connectivity index (χ4v) is 4.53. The van der Waals surface area contributed by atoms with Crippen molar-refractivity contribution in [3.8, 4) is 5.75 Å². The molecule has 0 unspecified atom stereocenters. The molecule has 3 rings (SSSR count). The molecule has 28 heavy (non-hydrogen) atoms. The first kappa shape index (κ1) is 20.3. The zero-order chi connectivity index (χ0) is 20.1. The van der Waals surface area contributed by atoms with Crippen LogP contribution in [0.4, 0.5) is 4.39 Å². The number of ether oxygens (including phenoxy) is 1. The van der Waals surface area contributed by atoms with E-state index in [9.17, 15) is 17.6 Å². The molecular formula is C20H23FN2O4S.